The van der Waals surface area contributed by atoms with Gasteiger partial charge in [-0.15, -0.1) is 0 Å². The van der Waals surface area contributed by atoms with E-state index in [9.17, 15) is 4.79 Å². The monoisotopic (exact) mass is 349 g/mol. The van der Waals surface area contributed by atoms with E-state index in [0.29, 0.717) is 30.1 Å². The molecule has 6 nitrogen and oxygen atoms in total. The number of hydrogen-bond acceptors (Lipinski definition) is 5. The summed E-state index contributed by atoms with van der Waals surface area (Å²) in [7, 11) is 0.954. The smallest absolute Gasteiger partial charge is 0.497 e. The number of hydrogen-bond donors (Lipinski definition) is 0. The number of carbonyl (C=O) groups is 1. The van der Waals surface area contributed by atoms with Crippen LogP contribution in [0.2, 0.25) is 0 Å². The van der Waals surface area contributed by atoms with Gasteiger partial charge in [0.1, 0.15) is 11.5 Å². The van der Waals surface area contributed by atoms with E-state index in [4.69, 9.17) is 18.8 Å². The molecule has 1 heterocycles. The maximum Gasteiger partial charge on any atom is 0.498 e. The van der Waals surface area contributed by atoms with Crippen molar-refractivity contribution >= 4 is 18.7 Å². The average molecular weight is 349 g/mol. The second-order valence-electron chi connectivity index (χ2n) is 7.03. The van der Waals surface area contributed by atoms with Crippen LogP contribution in [0, 0.1) is 0 Å². The van der Waals surface area contributed by atoms with E-state index in [-0.39, 0.29) is 0 Å². The van der Waals surface area contributed by atoms with E-state index in [1.807, 2.05) is 47.6 Å². The van der Waals surface area contributed by atoms with E-state index in [0.717, 1.165) is 0 Å². The van der Waals surface area contributed by atoms with Gasteiger partial charge in [-0.2, -0.15) is 0 Å². The van der Waals surface area contributed by atoms with Gasteiger partial charge in [-0.05, 0) is 47.6 Å². The van der Waals surface area contributed by atoms with E-state index in [1.165, 1.54) is 0 Å². The van der Waals surface area contributed by atoms with Crippen molar-refractivity contribution in [1.82, 2.24) is 4.90 Å². The van der Waals surface area contributed by atoms with Gasteiger partial charge in [0.25, 0.3) is 0 Å². The van der Waals surface area contributed by atoms with Crippen molar-refractivity contribution in [1.29, 1.82) is 0 Å². The molecule has 0 N–H and O–H groups in total. The van der Waals surface area contributed by atoms with Crippen LogP contribution in [0.1, 0.15) is 41.5 Å². The first-order chi connectivity index (χ1) is 11.6. The highest BCUT2D eigenvalue weighted by molar-refractivity contribution is 6.63. The van der Waals surface area contributed by atoms with Gasteiger partial charge < -0.3 is 23.7 Å². The molecule has 1 aliphatic rings. The third-order valence-electron chi connectivity index (χ3n) is 4.95. The number of nitrogens with zero attached hydrogens (tertiary/aromatic N) is 1. The first-order valence-corrected chi connectivity index (χ1v) is 8.65. The zero-order valence-corrected chi connectivity index (χ0v) is 16.2. The van der Waals surface area contributed by atoms with E-state index in [1.54, 1.807) is 24.1 Å². The Morgan fingerprint density at radius 3 is 2.16 bits per heavy atom. The number of carbonyl (C=O) groups excluding carboxylic acids is 1. The predicted octanol–water partition coefficient (Wildman–Crippen LogP) is 2.84. The van der Waals surface area contributed by atoms with Crippen molar-refractivity contribution in [2.24, 2.45) is 0 Å². The molecule has 1 amide bonds. The molecule has 1 aromatic carbocycles. The Kier molecular flexibility index (Phi) is 5.69. The quantitative estimate of drug-likeness (QED) is 0.765. The number of amides is 1. The lowest BCUT2D eigenvalue weighted by atomic mass is 9.78. The third kappa shape index (κ3) is 3.93. The molecule has 0 atom stereocenters. The SMILES string of the molecule is CCN(CC)C(=O)Oc1cc(OC)ccc1B1OC(C)(C)C(C)(C)O1. The largest absolute Gasteiger partial charge is 0.498 e. The van der Waals surface area contributed by atoms with Gasteiger partial charge in [-0.1, -0.05) is 6.07 Å². The lowest BCUT2D eigenvalue weighted by Crippen LogP contribution is -2.41. The fourth-order valence-electron chi connectivity index (χ4n) is 2.54. The minimum atomic E-state index is -0.615. The molecule has 0 bridgehead atoms. The Balaban J connectivity index is 2.34. The first-order valence-electron chi connectivity index (χ1n) is 8.65. The van der Waals surface area contributed by atoms with Crippen LogP contribution in [-0.2, 0) is 9.31 Å². The Morgan fingerprint density at radius 1 is 1.12 bits per heavy atom. The zero-order chi connectivity index (χ0) is 18.8. The Morgan fingerprint density at radius 2 is 1.68 bits per heavy atom. The summed E-state index contributed by atoms with van der Waals surface area (Å²) in [5, 5.41) is 0. The molecule has 25 heavy (non-hydrogen) atoms. The van der Waals surface area contributed by atoms with Crippen LogP contribution in [0.5, 0.6) is 11.5 Å². The van der Waals surface area contributed by atoms with Crippen LogP contribution < -0.4 is 14.9 Å². The van der Waals surface area contributed by atoms with Crippen molar-refractivity contribution in [3.05, 3.63) is 18.2 Å². The predicted molar refractivity (Wildman–Crippen MR) is 97.7 cm³/mol. The van der Waals surface area contributed by atoms with Crippen molar-refractivity contribution in [3.63, 3.8) is 0 Å². The highest BCUT2D eigenvalue weighted by Crippen LogP contribution is 2.37. The zero-order valence-electron chi connectivity index (χ0n) is 16.2. The van der Waals surface area contributed by atoms with Crippen LogP contribution in [0.25, 0.3) is 0 Å². The standard InChI is InChI=1S/C18H28BNO5/c1-8-20(9-2)16(21)23-15-12-13(22-7)10-11-14(15)19-24-17(3,4)18(5,6)25-19/h10-12H,8-9H2,1-7H3. The van der Waals surface area contributed by atoms with Crippen molar-refractivity contribution in [2.75, 3.05) is 20.2 Å². The molecule has 0 aliphatic carbocycles. The van der Waals surface area contributed by atoms with Crippen molar-refractivity contribution < 1.29 is 23.6 Å². The van der Waals surface area contributed by atoms with Gasteiger partial charge in [0.05, 0.1) is 18.3 Å². The summed E-state index contributed by atoms with van der Waals surface area (Å²) in [5.74, 6) is 0.984. The topological polar surface area (TPSA) is 57.2 Å². The highest BCUT2D eigenvalue weighted by atomic mass is 16.7. The molecule has 0 saturated carbocycles. The highest BCUT2D eigenvalue weighted by Gasteiger charge is 2.52. The normalized spacial score (nSPS) is 18.1. The number of methoxy groups -OCH3 is 1. The number of ether oxygens (including phenoxy) is 2. The molecule has 1 aliphatic heterocycles. The molecule has 0 unspecified atom stereocenters. The molecule has 0 spiro atoms. The number of benzene rings is 1. The third-order valence-corrected chi connectivity index (χ3v) is 4.95. The van der Waals surface area contributed by atoms with E-state index < -0.39 is 24.4 Å². The second-order valence-corrected chi connectivity index (χ2v) is 7.03. The Hall–Kier alpha value is -1.73. The minimum absolute atomic E-state index is 0.384. The van der Waals surface area contributed by atoms with Crippen LogP contribution >= 0.6 is 0 Å². The maximum atomic E-state index is 12.4. The molecule has 0 aromatic heterocycles. The van der Waals surface area contributed by atoms with Gasteiger partial charge in [-0.25, -0.2) is 4.79 Å². The van der Waals surface area contributed by atoms with Crippen LogP contribution in [0.3, 0.4) is 0 Å². The Labute approximate surface area is 150 Å². The van der Waals surface area contributed by atoms with Crippen LogP contribution in [0.4, 0.5) is 4.79 Å². The fourth-order valence-corrected chi connectivity index (χ4v) is 2.54. The fraction of sp³-hybridized carbons (Fsp3) is 0.611. The lowest BCUT2D eigenvalue weighted by Gasteiger charge is -2.32. The number of rotatable bonds is 5. The van der Waals surface area contributed by atoms with Crippen molar-refractivity contribution in [2.45, 2.75) is 52.7 Å². The van der Waals surface area contributed by atoms with E-state index in [2.05, 4.69) is 0 Å². The summed E-state index contributed by atoms with van der Waals surface area (Å²) in [6.07, 6.45) is -0.406. The van der Waals surface area contributed by atoms with E-state index >= 15 is 0 Å². The van der Waals surface area contributed by atoms with Crippen LogP contribution in [0.15, 0.2) is 18.2 Å². The van der Waals surface area contributed by atoms with Crippen molar-refractivity contribution in [3.8, 4) is 11.5 Å². The molecule has 2 rings (SSSR count). The van der Waals surface area contributed by atoms with Gasteiger partial charge in [-0.3, -0.25) is 0 Å². The van der Waals surface area contributed by atoms with Gasteiger partial charge in [0.2, 0.25) is 0 Å². The summed E-state index contributed by atoms with van der Waals surface area (Å²) in [6.45, 7) is 12.9. The summed E-state index contributed by atoms with van der Waals surface area (Å²) >= 11 is 0. The average Bonchev–Trinajstić information content (AvgIpc) is 2.76. The molecule has 7 heteroatoms. The molecule has 1 aromatic rings. The van der Waals surface area contributed by atoms with Gasteiger partial charge >= 0.3 is 13.2 Å². The lowest BCUT2D eigenvalue weighted by molar-refractivity contribution is 0.00578. The van der Waals surface area contributed by atoms with Gasteiger partial charge in [0.15, 0.2) is 0 Å². The molecule has 0 radical (unpaired) electrons. The second kappa shape index (κ2) is 7.26. The summed E-state index contributed by atoms with van der Waals surface area (Å²) < 4.78 is 23.1. The molecule has 1 fully saturated rings. The van der Waals surface area contributed by atoms with Crippen LogP contribution in [-0.4, -0.2) is 49.5 Å². The first kappa shape index (κ1) is 19.6. The van der Waals surface area contributed by atoms with Gasteiger partial charge in [0, 0.05) is 24.6 Å². The molecule has 138 valence electrons. The summed E-state index contributed by atoms with van der Waals surface area (Å²) in [6, 6.07) is 5.29. The molecular weight excluding hydrogens is 321 g/mol. The summed E-state index contributed by atoms with van der Waals surface area (Å²) in [4.78, 5) is 14.0. The maximum absolute atomic E-state index is 12.4. The minimum Gasteiger partial charge on any atom is -0.497 e. The Bertz CT molecular complexity index is 612. The molecular formula is C18H28BNO5. The summed E-state index contributed by atoms with van der Waals surface area (Å²) in [5.41, 5.74) is -0.282. The molecule has 1 saturated heterocycles.